The van der Waals surface area contributed by atoms with Crippen LogP contribution in [0.25, 0.3) is 16.6 Å². The molecular formula is C23H28F3N5O2. The van der Waals surface area contributed by atoms with Crippen LogP contribution in [0.15, 0.2) is 36.8 Å². The Morgan fingerprint density at radius 2 is 1.88 bits per heavy atom. The van der Waals surface area contributed by atoms with Crippen molar-refractivity contribution < 1.29 is 22.7 Å². The first-order valence-electron chi connectivity index (χ1n) is 11.1. The van der Waals surface area contributed by atoms with Gasteiger partial charge in [-0.2, -0.15) is 23.4 Å². The minimum Gasteiger partial charge on any atom is -0.444 e. The third-order valence-corrected chi connectivity index (χ3v) is 5.81. The molecule has 4 rings (SSSR count). The van der Waals surface area contributed by atoms with Gasteiger partial charge in [0.25, 0.3) is 0 Å². The molecule has 7 nitrogen and oxygen atoms in total. The molecule has 3 aromatic rings. The first kappa shape index (κ1) is 23.1. The Balaban J connectivity index is 1.37. The van der Waals surface area contributed by atoms with Gasteiger partial charge in [0.2, 0.25) is 0 Å². The van der Waals surface area contributed by atoms with Gasteiger partial charge in [-0.15, -0.1) is 0 Å². The molecule has 33 heavy (non-hydrogen) atoms. The molecule has 0 atom stereocenters. The number of carbonyl (C=O) groups excluding carboxylic acids is 1. The Bertz CT molecular complexity index is 1120. The van der Waals surface area contributed by atoms with Crippen molar-refractivity contribution in [3.8, 4) is 5.69 Å². The standard InChI is InChI=1S/C23H28F3N5O2/c1-22(2,3)33-21(32)27-11-15-4-7-18(8-5-15)31-13-16-6-9-19(10-20(16)29-31)30-14-17(12-28-30)23(24,25)26/h6,9-10,12-15,18H,4-5,7-8,11H2,1-3H3,(H,27,32). The molecule has 178 valence electrons. The number of fused-ring (bicyclic) bond motifs is 1. The van der Waals surface area contributed by atoms with Crippen LogP contribution in [-0.2, 0) is 10.9 Å². The van der Waals surface area contributed by atoms with Crippen molar-refractivity contribution >= 4 is 17.0 Å². The summed E-state index contributed by atoms with van der Waals surface area (Å²) >= 11 is 0. The lowest BCUT2D eigenvalue weighted by atomic mass is 9.86. The molecule has 1 N–H and O–H groups in total. The normalized spacial score (nSPS) is 19.6. The zero-order valence-electron chi connectivity index (χ0n) is 18.9. The highest BCUT2D eigenvalue weighted by Gasteiger charge is 2.32. The van der Waals surface area contributed by atoms with Gasteiger partial charge in [-0.05, 0) is 70.6 Å². The number of alkyl halides is 3. The van der Waals surface area contributed by atoms with Gasteiger partial charge >= 0.3 is 12.3 Å². The van der Waals surface area contributed by atoms with Crippen molar-refractivity contribution in [2.24, 2.45) is 5.92 Å². The van der Waals surface area contributed by atoms with Crippen LogP contribution in [0.2, 0.25) is 0 Å². The molecular weight excluding hydrogens is 435 g/mol. The lowest BCUT2D eigenvalue weighted by Crippen LogP contribution is -2.36. The monoisotopic (exact) mass is 463 g/mol. The molecule has 0 aliphatic heterocycles. The summed E-state index contributed by atoms with van der Waals surface area (Å²) in [4.78, 5) is 11.9. The average molecular weight is 464 g/mol. The van der Waals surface area contributed by atoms with Gasteiger partial charge in [0.1, 0.15) is 5.60 Å². The van der Waals surface area contributed by atoms with Gasteiger partial charge < -0.3 is 10.1 Å². The van der Waals surface area contributed by atoms with E-state index in [1.165, 1.54) is 4.68 Å². The van der Waals surface area contributed by atoms with Crippen LogP contribution in [0.5, 0.6) is 0 Å². The van der Waals surface area contributed by atoms with E-state index in [1.807, 2.05) is 37.7 Å². The highest BCUT2D eigenvalue weighted by atomic mass is 19.4. The molecule has 0 bridgehead atoms. The maximum Gasteiger partial charge on any atom is 0.419 e. The molecule has 1 amide bonds. The van der Waals surface area contributed by atoms with Crippen molar-refractivity contribution in [1.29, 1.82) is 0 Å². The van der Waals surface area contributed by atoms with E-state index < -0.39 is 23.4 Å². The summed E-state index contributed by atoms with van der Waals surface area (Å²) in [5.74, 6) is 0.396. The smallest absolute Gasteiger partial charge is 0.419 e. The van der Waals surface area contributed by atoms with E-state index in [0.717, 1.165) is 43.5 Å². The number of aromatic nitrogens is 4. The van der Waals surface area contributed by atoms with Crippen molar-refractivity contribution in [1.82, 2.24) is 24.9 Å². The maximum absolute atomic E-state index is 12.9. The quantitative estimate of drug-likeness (QED) is 0.555. The lowest BCUT2D eigenvalue weighted by molar-refractivity contribution is -0.137. The van der Waals surface area contributed by atoms with Gasteiger partial charge in [0.15, 0.2) is 0 Å². The largest absolute Gasteiger partial charge is 0.444 e. The van der Waals surface area contributed by atoms with Crippen LogP contribution < -0.4 is 5.32 Å². The zero-order valence-corrected chi connectivity index (χ0v) is 18.9. The van der Waals surface area contributed by atoms with Crippen molar-refractivity contribution in [3.63, 3.8) is 0 Å². The highest BCUT2D eigenvalue weighted by molar-refractivity contribution is 5.80. The number of nitrogens with zero attached hydrogens (tertiary/aromatic N) is 4. The minimum absolute atomic E-state index is 0.250. The molecule has 1 fully saturated rings. The molecule has 2 aromatic heterocycles. The van der Waals surface area contributed by atoms with Crippen LogP contribution in [0.4, 0.5) is 18.0 Å². The number of amides is 1. The predicted octanol–water partition coefficient (Wildman–Crippen LogP) is 5.50. The molecule has 2 heterocycles. The molecule has 0 saturated heterocycles. The zero-order chi connectivity index (χ0) is 23.8. The Kier molecular flexibility index (Phi) is 6.11. The first-order chi connectivity index (χ1) is 15.5. The average Bonchev–Trinajstić information content (AvgIpc) is 3.38. The van der Waals surface area contributed by atoms with Crippen LogP contribution in [0.3, 0.4) is 0 Å². The third-order valence-electron chi connectivity index (χ3n) is 5.81. The summed E-state index contributed by atoms with van der Waals surface area (Å²) in [5.41, 5.74) is -0.0571. The van der Waals surface area contributed by atoms with E-state index in [-0.39, 0.29) is 6.04 Å². The molecule has 1 aliphatic carbocycles. The number of ether oxygens (including phenoxy) is 1. The number of halogens is 3. The number of nitrogens with one attached hydrogen (secondary N) is 1. The number of carbonyl (C=O) groups is 1. The molecule has 1 saturated carbocycles. The van der Waals surface area contributed by atoms with Gasteiger partial charge in [0, 0.05) is 24.3 Å². The maximum atomic E-state index is 12.9. The summed E-state index contributed by atoms with van der Waals surface area (Å²) < 4.78 is 47.0. The third kappa shape index (κ3) is 5.66. The second kappa shape index (κ2) is 8.72. The summed E-state index contributed by atoms with van der Waals surface area (Å²) in [6.45, 7) is 6.10. The molecule has 1 aliphatic rings. The second-order valence-corrected chi connectivity index (χ2v) is 9.58. The highest BCUT2D eigenvalue weighted by Crippen LogP contribution is 2.33. The summed E-state index contributed by atoms with van der Waals surface area (Å²) in [7, 11) is 0. The number of rotatable bonds is 4. The number of benzene rings is 1. The van der Waals surface area contributed by atoms with E-state index in [1.54, 1.807) is 12.1 Å². The van der Waals surface area contributed by atoms with Crippen LogP contribution in [-0.4, -0.2) is 37.8 Å². The van der Waals surface area contributed by atoms with E-state index in [0.29, 0.717) is 23.7 Å². The van der Waals surface area contributed by atoms with Gasteiger partial charge in [-0.1, -0.05) is 0 Å². The molecule has 0 radical (unpaired) electrons. The van der Waals surface area contributed by atoms with E-state index in [9.17, 15) is 18.0 Å². The molecule has 1 aromatic carbocycles. The van der Waals surface area contributed by atoms with Gasteiger partial charge in [0.05, 0.1) is 29.0 Å². The Labute approximate surface area is 189 Å². The van der Waals surface area contributed by atoms with Crippen molar-refractivity contribution in [3.05, 3.63) is 42.4 Å². The minimum atomic E-state index is -4.43. The Hall–Kier alpha value is -3.04. The Morgan fingerprint density at radius 1 is 1.15 bits per heavy atom. The van der Waals surface area contributed by atoms with Gasteiger partial charge in [-0.3, -0.25) is 4.68 Å². The fourth-order valence-electron chi connectivity index (χ4n) is 4.12. The predicted molar refractivity (Wildman–Crippen MR) is 117 cm³/mol. The molecule has 10 heteroatoms. The van der Waals surface area contributed by atoms with E-state index in [4.69, 9.17) is 4.74 Å². The van der Waals surface area contributed by atoms with Crippen molar-refractivity contribution in [2.75, 3.05) is 6.54 Å². The molecule has 0 spiro atoms. The number of alkyl carbamates (subject to hydrolysis) is 1. The Morgan fingerprint density at radius 3 is 2.52 bits per heavy atom. The second-order valence-electron chi connectivity index (χ2n) is 9.58. The van der Waals surface area contributed by atoms with Crippen LogP contribution in [0, 0.1) is 5.92 Å². The SMILES string of the molecule is CC(C)(C)OC(=O)NCC1CCC(n2cc3ccc(-n4cc(C(F)(F)F)cn4)cc3n2)CC1. The number of hydrogen-bond acceptors (Lipinski definition) is 4. The summed E-state index contributed by atoms with van der Waals surface area (Å²) in [6, 6.07) is 5.58. The molecule has 0 unspecified atom stereocenters. The van der Waals surface area contributed by atoms with E-state index in [2.05, 4.69) is 15.5 Å². The summed E-state index contributed by atoms with van der Waals surface area (Å²) in [5, 5.41) is 12.3. The van der Waals surface area contributed by atoms with Crippen LogP contribution in [0.1, 0.15) is 58.1 Å². The fraction of sp³-hybridized carbons (Fsp3) is 0.522. The van der Waals surface area contributed by atoms with Gasteiger partial charge in [-0.25, -0.2) is 9.48 Å². The van der Waals surface area contributed by atoms with E-state index >= 15 is 0 Å². The van der Waals surface area contributed by atoms with Crippen molar-refractivity contribution in [2.45, 2.75) is 64.3 Å². The lowest BCUT2D eigenvalue weighted by Gasteiger charge is -2.29. The topological polar surface area (TPSA) is 74.0 Å². The fourth-order valence-corrected chi connectivity index (χ4v) is 4.12. The van der Waals surface area contributed by atoms with Crippen LogP contribution >= 0.6 is 0 Å². The first-order valence-corrected chi connectivity index (χ1v) is 11.1. The number of hydrogen-bond donors (Lipinski definition) is 1. The summed E-state index contributed by atoms with van der Waals surface area (Å²) in [6.07, 6.45) is 2.77.